The van der Waals surface area contributed by atoms with Crippen LogP contribution in [0, 0.1) is 0 Å². The number of rotatable bonds is 0. The molecule has 0 atom stereocenters. The van der Waals surface area contributed by atoms with Crippen molar-refractivity contribution in [1.29, 1.82) is 0 Å². The molecule has 0 saturated carbocycles. The predicted molar refractivity (Wildman–Crippen MR) is 45.6 cm³/mol. The van der Waals surface area contributed by atoms with Crippen LogP contribution < -0.4 is 10.6 Å². The van der Waals surface area contributed by atoms with Crippen molar-refractivity contribution in [3.05, 3.63) is 18.5 Å². The molecule has 0 bridgehead atoms. The number of nitrogens with zero attached hydrogens (tertiary/aromatic N) is 3. The summed E-state index contributed by atoms with van der Waals surface area (Å²) in [4.78, 5) is 0. The SMILES string of the molecule is C1CNCCN1.c1cnnnc1. The van der Waals surface area contributed by atoms with Gasteiger partial charge in [-0.15, -0.1) is 10.2 Å². The smallest absolute Gasteiger partial charge is 0.0529 e. The van der Waals surface area contributed by atoms with Crippen molar-refractivity contribution in [3.8, 4) is 0 Å². The molecule has 2 N–H and O–H groups in total. The Hall–Kier alpha value is -1.07. The van der Waals surface area contributed by atoms with Crippen LogP contribution in [-0.4, -0.2) is 41.6 Å². The van der Waals surface area contributed by atoms with Crippen molar-refractivity contribution < 1.29 is 0 Å². The predicted octanol–water partition coefficient (Wildman–Crippen LogP) is -0.949. The zero-order valence-electron chi connectivity index (χ0n) is 6.90. The van der Waals surface area contributed by atoms with E-state index in [1.165, 1.54) is 0 Å². The van der Waals surface area contributed by atoms with Crippen LogP contribution in [0.3, 0.4) is 0 Å². The number of aromatic nitrogens is 3. The number of hydrogen-bond acceptors (Lipinski definition) is 5. The Morgan fingerprint density at radius 3 is 1.50 bits per heavy atom. The molecule has 5 nitrogen and oxygen atoms in total. The highest BCUT2D eigenvalue weighted by atomic mass is 15.3. The van der Waals surface area contributed by atoms with E-state index in [9.17, 15) is 0 Å². The van der Waals surface area contributed by atoms with Crippen molar-refractivity contribution in [1.82, 2.24) is 26.0 Å². The van der Waals surface area contributed by atoms with Gasteiger partial charge in [-0.25, -0.2) is 0 Å². The average molecular weight is 167 g/mol. The van der Waals surface area contributed by atoms with Crippen molar-refractivity contribution in [2.24, 2.45) is 0 Å². The highest BCUT2D eigenvalue weighted by Gasteiger charge is 1.91. The third-order valence-corrected chi connectivity index (χ3v) is 1.37. The molecule has 1 aliphatic heterocycles. The molecule has 0 aromatic carbocycles. The third kappa shape index (κ3) is 4.70. The molecule has 1 aromatic heterocycles. The number of nitrogens with one attached hydrogen (secondary N) is 2. The molecule has 0 aliphatic carbocycles. The average Bonchev–Trinajstić information content (AvgIpc) is 2.24. The molecule has 12 heavy (non-hydrogen) atoms. The van der Waals surface area contributed by atoms with Gasteiger partial charge in [-0.2, -0.15) is 0 Å². The molecule has 2 rings (SSSR count). The lowest BCUT2D eigenvalue weighted by atomic mass is 10.4. The molecule has 1 saturated heterocycles. The zero-order chi connectivity index (χ0) is 8.49. The molecule has 1 aromatic rings. The van der Waals surface area contributed by atoms with E-state index in [-0.39, 0.29) is 0 Å². The standard InChI is InChI=1S/C4H10N2.C3H3N3/c1-2-6-4-3-5-1;1-2-4-6-5-3-1/h5-6H,1-4H2;1-3H. The molecule has 1 aliphatic rings. The first-order valence-corrected chi connectivity index (χ1v) is 4.00. The van der Waals surface area contributed by atoms with E-state index in [1.807, 2.05) is 0 Å². The molecule has 2 heterocycles. The summed E-state index contributed by atoms with van der Waals surface area (Å²) in [5.41, 5.74) is 0. The maximum Gasteiger partial charge on any atom is 0.0529 e. The molecule has 1 fully saturated rings. The van der Waals surface area contributed by atoms with E-state index in [0.29, 0.717) is 0 Å². The lowest BCUT2D eigenvalue weighted by Gasteiger charge is -2.11. The first-order valence-electron chi connectivity index (χ1n) is 4.00. The highest BCUT2D eigenvalue weighted by Crippen LogP contribution is 1.65. The normalized spacial score (nSPS) is 16.0. The minimum Gasteiger partial charge on any atom is -0.314 e. The Bertz CT molecular complexity index is 136. The highest BCUT2D eigenvalue weighted by molar-refractivity contribution is 4.69. The molecule has 0 unspecified atom stereocenters. The fraction of sp³-hybridized carbons (Fsp3) is 0.571. The summed E-state index contributed by atoms with van der Waals surface area (Å²) < 4.78 is 0. The summed E-state index contributed by atoms with van der Waals surface area (Å²) in [6, 6.07) is 1.72. The Kier molecular flexibility index (Phi) is 4.98. The van der Waals surface area contributed by atoms with Crippen LogP contribution >= 0.6 is 0 Å². The van der Waals surface area contributed by atoms with Gasteiger partial charge >= 0.3 is 0 Å². The monoisotopic (exact) mass is 167 g/mol. The summed E-state index contributed by atoms with van der Waals surface area (Å²) in [7, 11) is 0. The van der Waals surface area contributed by atoms with E-state index in [2.05, 4.69) is 26.0 Å². The lowest BCUT2D eigenvalue weighted by molar-refractivity contribution is 0.534. The van der Waals surface area contributed by atoms with Crippen LogP contribution in [0.5, 0.6) is 0 Å². The summed E-state index contributed by atoms with van der Waals surface area (Å²) >= 11 is 0. The molecule has 0 spiro atoms. The maximum absolute atomic E-state index is 3.42. The second kappa shape index (κ2) is 6.63. The second-order valence-corrected chi connectivity index (χ2v) is 2.31. The third-order valence-electron chi connectivity index (χ3n) is 1.37. The van der Waals surface area contributed by atoms with Crippen LogP contribution in [0.15, 0.2) is 18.5 Å². The quantitative estimate of drug-likeness (QED) is 0.521. The maximum atomic E-state index is 3.42. The Morgan fingerprint density at radius 2 is 1.33 bits per heavy atom. The van der Waals surface area contributed by atoms with Crippen molar-refractivity contribution in [2.45, 2.75) is 0 Å². The van der Waals surface area contributed by atoms with E-state index < -0.39 is 0 Å². The van der Waals surface area contributed by atoms with Crippen LogP contribution in [-0.2, 0) is 0 Å². The van der Waals surface area contributed by atoms with Gasteiger partial charge in [0.25, 0.3) is 0 Å². The molecule has 0 radical (unpaired) electrons. The topological polar surface area (TPSA) is 62.7 Å². The Morgan fingerprint density at radius 1 is 0.833 bits per heavy atom. The van der Waals surface area contributed by atoms with Gasteiger partial charge in [-0.1, -0.05) is 0 Å². The second-order valence-electron chi connectivity index (χ2n) is 2.31. The van der Waals surface area contributed by atoms with Gasteiger partial charge in [0.15, 0.2) is 0 Å². The van der Waals surface area contributed by atoms with Gasteiger partial charge in [0.2, 0.25) is 0 Å². The fourth-order valence-electron chi connectivity index (χ4n) is 0.808. The van der Waals surface area contributed by atoms with Crippen LogP contribution in [0.1, 0.15) is 0 Å². The summed E-state index contributed by atoms with van der Waals surface area (Å²) in [5.74, 6) is 0. The zero-order valence-corrected chi connectivity index (χ0v) is 6.90. The first kappa shape index (κ1) is 9.02. The Balaban J connectivity index is 0.000000120. The van der Waals surface area contributed by atoms with Crippen LogP contribution in [0.2, 0.25) is 0 Å². The number of hydrogen-bond donors (Lipinski definition) is 2. The van der Waals surface area contributed by atoms with Gasteiger partial charge in [-0.05, 0) is 11.3 Å². The minimum atomic E-state index is 1.14. The van der Waals surface area contributed by atoms with Crippen LogP contribution in [0.4, 0.5) is 0 Å². The van der Waals surface area contributed by atoms with Crippen molar-refractivity contribution >= 4 is 0 Å². The van der Waals surface area contributed by atoms with E-state index in [4.69, 9.17) is 0 Å². The molecule has 66 valence electrons. The molecule has 5 heteroatoms. The van der Waals surface area contributed by atoms with E-state index >= 15 is 0 Å². The van der Waals surface area contributed by atoms with Gasteiger partial charge in [0.05, 0.1) is 12.4 Å². The Labute approximate surface area is 71.6 Å². The lowest BCUT2D eigenvalue weighted by Crippen LogP contribution is -2.39. The first-order chi connectivity index (χ1) is 6.00. The largest absolute Gasteiger partial charge is 0.314 e. The van der Waals surface area contributed by atoms with E-state index in [0.717, 1.165) is 26.2 Å². The minimum absolute atomic E-state index is 1.14. The summed E-state index contributed by atoms with van der Waals surface area (Å²) in [5, 5.41) is 16.6. The van der Waals surface area contributed by atoms with Gasteiger partial charge in [0, 0.05) is 26.2 Å². The van der Waals surface area contributed by atoms with Gasteiger partial charge in [0.1, 0.15) is 0 Å². The fourth-order valence-corrected chi connectivity index (χ4v) is 0.808. The number of piperazine rings is 1. The molecular weight excluding hydrogens is 154 g/mol. The summed E-state index contributed by atoms with van der Waals surface area (Å²) in [6.07, 6.45) is 3.15. The van der Waals surface area contributed by atoms with Crippen molar-refractivity contribution in [2.75, 3.05) is 26.2 Å². The van der Waals surface area contributed by atoms with Gasteiger partial charge < -0.3 is 10.6 Å². The molecule has 0 amide bonds. The summed E-state index contributed by atoms with van der Waals surface area (Å²) in [6.45, 7) is 4.56. The van der Waals surface area contributed by atoms with Crippen molar-refractivity contribution in [3.63, 3.8) is 0 Å². The van der Waals surface area contributed by atoms with Crippen LogP contribution in [0.25, 0.3) is 0 Å². The van der Waals surface area contributed by atoms with E-state index in [1.54, 1.807) is 18.5 Å². The van der Waals surface area contributed by atoms with Gasteiger partial charge in [-0.3, -0.25) is 0 Å². The molecular formula is C7H13N5.